The van der Waals surface area contributed by atoms with Gasteiger partial charge < -0.3 is 15.4 Å². The van der Waals surface area contributed by atoms with Crippen LogP contribution in [-0.4, -0.2) is 26.7 Å². The molecule has 1 spiro atoms. The smallest absolute Gasteiger partial charge is 0.248 e. The van der Waals surface area contributed by atoms with Gasteiger partial charge in [0, 0.05) is 24.1 Å². The summed E-state index contributed by atoms with van der Waals surface area (Å²) in [6, 6.07) is 18.8. The molecule has 9 heteroatoms. The van der Waals surface area contributed by atoms with Crippen molar-refractivity contribution in [2.75, 3.05) is 4.90 Å². The maximum Gasteiger partial charge on any atom is 0.248 e. The number of anilines is 1. The van der Waals surface area contributed by atoms with Crippen LogP contribution in [0.15, 0.2) is 83.6 Å². The van der Waals surface area contributed by atoms with E-state index in [1.807, 2.05) is 56.3 Å². The molecule has 3 aliphatic rings. The molecule has 1 aromatic heterocycles. The van der Waals surface area contributed by atoms with Gasteiger partial charge in [0.25, 0.3) is 0 Å². The zero-order chi connectivity index (χ0) is 25.9. The standard InChI is InChI=1S/C28H24N6O3/c1-27(2)12-22(35)24-23(13-27)37-25(30)20(14-29)28(24)19-10-6-7-11-21(19)33(26(28)36)15-17-16-34(32-31-17)18-8-4-3-5-9-18/h3-11,16H,12-13,15,30H2,1-2H3. The molecule has 0 fully saturated rings. The van der Waals surface area contributed by atoms with Crippen molar-refractivity contribution in [3.63, 3.8) is 0 Å². The minimum atomic E-state index is -1.66. The number of Topliss-reactive ketones (excluding diaryl/α,β-unsaturated/α-hetero) is 1. The molecule has 3 heterocycles. The number of allylic oxidation sites excluding steroid dienone is 1. The molecule has 9 nitrogen and oxygen atoms in total. The topological polar surface area (TPSA) is 127 Å². The molecular weight excluding hydrogens is 468 g/mol. The van der Waals surface area contributed by atoms with E-state index in [9.17, 15) is 14.9 Å². The Morgan fingerprint density at radius 1 is 1.08 bits per heavy atom. The summed E-state index contributed by atoms with van der Waals surface area (Å²) in [5.41, 5.74) is 6.91. The van der Waals surface area contributed by atoms with Crippen molar-refractivity contribution < 1.29 is 14.3 Å². The van der Waals surface area contributed by atoms with Crippen molar-refractivity contribution in [3.05, 3.63) is 94.8 Å². The maximum atomic E-state index is 14.5. The first kappa shape index (κ1) is 22.7. The van der Waals surface area contributed by atoms with Crippen LogP contribution in [0.25, 0.3) is 5.69 Å². The third kappa shape index (κ3) is 3.22. The normalized spacial score (nSPS) is 22.1. The molecule has 0 saturated heterocycles. The van der Waals surface area contributed by atoms with Gasteiger partial charge in [-0.05, 0) is 23.6 Å². The number of aromatic nitrogens is 3. The van der Waals surface area contributed by atoms with Gasteiger partial charge in [-0.2, -0.15) is 5.26 Å². The van der Waals surface area contributed by atoms with Gasteiger partial charge >= 0.3 is 0 Å². The molecule has 2 aromatic carbocycles. The second-order valence-corrected chi connectivity index (χ2v) is 10.3. The average Bonchev–Trinajstić information content (AvgIpc) is 3.42. The van der Waals surface area contributed by atoms with Gasteiger partial charge in [0.05, 0.1) is 24.0 Å². The monoisotopic (exact) mass is 492 g/mol. The van der Waals surface area contributed by atoms with E-state index in [-0.39, 0.29) is 41.2 Å². The van der Waals surface area contributed by atoms with Crippen molar-refractivity contribution in [3.8, 4) is 11.8 Å². The summed E-state index contributed by atoms with van der Waals surface area (Å²) in [5, 5.41) is 18.7. The van der Waals surface area contributed by atoms with Crippen molar-refractivity contribution in [1.82, 2.24) is 15.0 Å². The molecule has 3 aromatic rings. The number of rotatable bonds is 3. The molecule has 1 amide bonds. The highest BCUT2D eigenvalue weighted by atomic mass is 16.5. The molecule has 6 rings (SSSR count). The fourth-order valence-electron chi connectivity index (χ4n) is 5.74. The van der Waals surface area contributed by atoms with E-state index < -0.39 is 11.3 Å². The number of hydrogen-bond acceptors (Lipinski definition) is 7. The van der Waals surface area contributed by atoms with Gasteiger partial charge in [-0.15, -0.1) is 5.10 Å². The van der Waals surface area contributed by atoms with Crippen molar-refractivity contribution >= 4 is 17.4 Å². The summed E-state index contributed by atoms with van der Waals surface area (Å²) in [7, 11) is 0. The Morgan fingerprint density at radius 2 is 1.81 bits per heavy atom. The highest BCUT2D eigenvalue weighted by Crippen LogP contribution is 2.57. The SMILES string of the molecule is CC1(C)CC(=O)C2=C(C1)OC(N)=C(C#N)C21C(=O)N(Cc2cn(-c3ccccc3)nn2)c2ccccc21. The molecule has 1 unspecified atom stereocenters. The lowest BCUT2D eigenvalue weighted by molar-refractivity contribution is -0.125. The first-order valence-electron chi connectivity index (χ1n) is 12.0. The minimum Gasteiger partial charge on any atom is -0.444 e. The van der Waals surface area contributed by atoms with Crippen LogP contribution in [0, 0.1) is 16.7 Å². The maximum absolute atomic E-state index is 14.5. The molecule has 0 saturated carbocycles. The van der Waals surface area contributed by atoms with Crippen LogP contribution in [0.1, 0.15) is 37.9 Å². The zero-order valence-electron chi connectivity index (χ0n) is 20.4. The number of carbonyl (C=O) groups is 2. The van der Waals surface area contributed by atoms with Crippen molar-refractivity contribution in [2.45, 2.75) is 38.6 Å². The van der Waals surface area contributed by atoms with E-state index >= 15 is 0 Å². The molecule has 0 bridgehead atoms. The first-order chi connectivity index (χ1) is 17.8. The fraction of sp³-hybridized carbons (Fsp3) is 0.250. The lowest BCUT2D eigenvalue weighted by atomic mass is 9.62. The van der Waals surface area contributed by atoms with Crippen LogP contribution < -0.4 is 10.6 Å². The number of ether oxygens (including phenoxy) is 1. The molecule has 184 valence electrons. The number of benzene rings is 2. The minimum absolute atomic E-state index is 0.0628. The van der Waals surface area contributed by atoms with E-state index in [0.29, 0.717) is 29.1 Å². The van der Waals surface area contributed by atoms with Crippen LogP contribution in [0.4, 0.5) is 5.69 Å². The van der Waals surface area contributed by atoms with Crippen LogP contribution in [0.5, 0.6) is 0 Å². The van der Waals surface area contributed by atoms with Gasteiger partial charge in [0.2, 0.25) is 11.8 Å². The van der Waals surface area contributed by atoms with E-state index in [2.05, 4.69) is 16.4 Å². The second kappa shape index (κ2) is 7.90. The van der Waals surface area contributed by atoms with Gasteiger partial charge in [-0.25, -0.2) is 4.68 Å². The summed E-state index contributed by atoms with van der Waals surface area (Å²) in [5.74, 6) is -0.428. The number of amides is 1. The van der Waals surface area contributed by atoms with E-state index in [4.69, 9.17) is 10.5 Å². The van der Waals surface area contributed by atoms with Crippen LogP contribution in [-0.2, 0) is 26.3 Å². The molecule has 2 aliphatic heterocycles. The van der Waals surface area contributed by atoms with Crippen LogP contribution in [0.2, 0.25) is 0 Å². The predicted octanol–water partition coefficient (Wildman–Crippen LogP) is 3.42. The Labute approximate surface area is 213 Å². The number of ketones is 1. The number of hydrogen-bond donors (Lipinski definition) is 1. The third-order valence-corrected chi connectivity index (χ3v) is 7.22. The molecule has 0 radical (unpaired) electrons. The van der Waals surface area contributed by atoms with Crippen LogP contribution >= 0.6 is 0 Å². The van der Waals surface area contributed by atoms with Gasteiger partial charge in [-0.3, -0.25) is 9.59 Å². The predicted molar refractivity (Wildman–Crippen MR) is 134 cm³/mol. The highest BCUT2D eigenvalue weighted by Gasteiger charge is 2.63. The summed E-state index contributed by atoms with van der Waals surface area (Å²) >= 11 is 0. The lowest BCUT2D eigenvalue weighted by Gasteiger charge is -2.41. The molecular formula is C28H24N6O3. The molecule has 37 heavy (non-hydrogen) atoms. The van der Waals surface area contributed by atoms with Crippen molar-refractivity contribution in [2.24, 2.45) is 11.1 Å². The Balaban J connectivity index is 1.50. The van der Waals surface area contributed by atoms with E-state index in [1.54, 1.807) is 27.9 Å². The quantitative estimate of drug-likeness (QED) is 0.593. The average molecular weight is 493 g/mol. The number of fused-ring (bicyclic) bond motifs is 3. The summed E-state index contributed by atoms with van der Waals surface area (Å²) in [6.07, 6.45) is 2.42. The van der Waals surface area contributed by atoms with Gasteiger partial charge in [-0.1, -0.05) is 55.5 Å². The number of carbonyl (C=O) groups excluding carboxylic acids is 2. The molecule has 1 atom stereocenters. The number of nitrogens with zero attached hydrogens (tertiary/aromatic N) is 5. The highest BCUT2D eigenvalue weighted by molar-refractivity contribution is 6.20. The Hall–Kier alpha value is -4.71. The largest absolute Gasteiger partial charge is 0.444 e. The summed E-state index contributed by atoms with van der Waals surface area (Å²) in [4.78, 5) is 29.7. The van der Waals surface area contributed by atoms with Gasteiger partial charge in [0.15, 0.2) is 5.78 Å². The second-order valence-electron chi connectivity index (χ2n) is 10.3. The number of para-hydroxylation sites is 2. The Morgan fingerprint density at radius 3 is 2.57 bits per heavy atom. The fourth-order valence-corrected chi connectivity index (χ4v) is 5.74. The number of nitrogens with two attached hydrogens (primary N) is 1. The van der Waals surface area contributed by atoms with E-state index in [1.165, 1.54) is 0 Å². The first-order valence-corrected chi connectivity index (χ1v) is 12.0. The lowest BCUT2D eigenvalue weighted by Crippen LogP contribution is -2.50. The number of nitriles is 1. The van der Waals surface area contributed by atoms with Gasteiger partial charge in [0.1, 0.15) is 28.5 Å². The Kier molecular flexibility index (Phi) is 4.85. The summed E-state index contributed by atoms with van der Waals surface area (Å²) in [6.45, 7) is 4.04. The third-order valence-electron chi connectivity index (χ3n) is 7.22. The summed E-state index contributed by atoms with van der Waals surface area (Å²) < 4.78 is 7.49. The molecule has 2 N–H and O–H groups in total. The Bertz CT molecular complexity index is 1580. The van der Waals surface area contributed by atoms with Crippen molar-refractivity contribution in [1.29, 1.82) is 5.26 Å². The zero-order valence-corrected chi connectivity index (χ0v) is 20.4. The van der Waals surface area contributed by atoms with E-state index in [0.717, 1.165) is 5.69 Å². The molecule has 1 aliphatic carbocycles. The van der Waals surface area contributed by atoms with Crippen LogP contribution in [0.3, 0.4) is 0 Å².